The summed E-state index contributed by atoms with van der Waals surface area (Å²) in [5.41, 5.74) is 0.907. The molecule has 1 aliphatic rings. The summed E-state index contributed by atoms with van der Waals surface area (Å²) in [5, 5.41) is 12.4. The number of carbonyl (C=O) groups excluding carboxylic acids is 1. The van der Waals surface area contributed by atoms with Crippen molar-refractivity contribution in [1.82, 2.24) is 20.2 Å². The summed E-state index contributed by atoms with van der Waals surface area (Å²) in [6.45, 7) is 4.04. The van der Waals surface area contributed by atoms with Crippen molar-refractivity contribution in [1.29, 1.82) is 0 Å². The molecule has 1 unspecified atom stereocenters. The molecule has 0 spiro atoms. The molecule has 24 heavy (non-hydrogen) atoms. The summed E-state index contributed by atoms with van der Waals surface area (Å²) < 4.78 is 7.35. The molecule has 0 aliphatic carbocycles. The third-order valence-electron chi connectivity index (χ3n) is 3.91. The van der Waals surface area contributed by atoms with Crippen molar-refractivity contribution in [2.45, 2.75) is 37.6 Å². The van der Waals surface area contributed by atoms with Crippen LogP contribution in [0.2, 0.25) is 0 Å². The molecule has 1 aliphatic heterocycles. The summed E-state index contributed by atoms with van der Waals surface area (Å²) in [4.78, 5) is 14.3. The molecule has 0 saturated carbocycles. The Kier molecular flexibility index (Phi) is 5.81. The molecule has 0 bridgehead atoms. The molecule has 1 saturated heterocycles. The summed E-state index contributed by atoms with van der Waals surface area (Å²) in [5.74, 6) is 0.342. The normalized spacial score (nSPS) is 17.1. The fraction of sp³-hybridized carbons (Fsp3) is 0.500. The van der Waals surface area contributed by atoms with Crippen molar-refractivity contribution in [3.05, 3.63) is 30.3 Å². The number of aromatic nitrogens is 4. The lowest BCUT2D eigenvalue weighted by Gasteiger charge is -2.20. The first-order valence-electron chi connectivity index (χ1n) is 8.14. The first-order valence-corrected chi connectivity index (χ1v) is 9.12. The van der Waals surface area contributed by atoms with Crippen LogP contribution in [0.4, 0.5) is 5.69 Å². The van der Waals surface area contributed by atoms with Gasteiger partial charge >= 0.3 is 0 Å². The lowest BCUT2D eigenvalue weighted by molar-refractivity contribution is -0.116. The van der Waals surface area contributed by atoms with E-state index < -0.39 is 0 Å². The molecule has 1 atom stereocenters. The van der Waals surface area contributed by atoms with Gasteiger partial charge < -0.3 is 9.64 Å². The van der Waals surface area contributed by atoms with E-state index >= 15 is 0 Å². The van der Waals surface area contributed by atoms with Gasteiger partial charge in [0.15, 0.2) is 0 Å². The molecule has 0 radical (unpaired) electrons. The zero-order valence-corrected chi connectivity index (χ0v) is 14.5. The van der Waals surface area contributed by atoms with Gasteiger partial charge in [0.2, 0.25) is 11.1 Å². The molecule has 8 heteroatoms. The summed E-state index contributed by atoms with van der Waals surface area (Å²) in [6.07, 6.45) is 2.27. The topological polar surface area (TPSA) is 73.1 Å². The van der Waals surface area contributed by atoms with Crippen molar-refractivity contribution in [3.8, 4) is 0 Å². The minimum Gasteiger partial charge on any atom is -0.376 e. The van der Waals surface area contributed by atoms with Gasteiger partial charge in [0.25, 0.3) is 0 Å². The monoisotopic (exact) mass is 347 g/mol. The summed E-state index contributed by atoms with van der Waals surface area (Å²) >= 11 is 1.36. The minimum atomic E-state index is 0.0420. The fourth-order valence-corrected chi connectivity index (χ4v) is 3.47. The Balaban J connectivity index is 1.59. The highest BCUT2D eigenvalue weighted by atomic mass is 32.2. The third-order valence-corrected chi connectivity index (χ3v) is 4.85. The Morgan fingerprint density at radius 1 is 1.42 bits per heavy atom. The zero-order chi connectivity index (χ0) is 16.8. The van der Waals surface area contributed by atoms with Gasteiger partial charge in [0, 0.05) is 18.8 Å². The molecule has 1 aromatic heterocycles. The van der Waals surface area contributed by atoms with Crippen LogP contribution in [0, 0.1) is 0 Å². The maximum absolute atomic E-state index is 12.5. The Labute approximate surface area is 145 Å². The number of anilines is 1. The number of thioether (sulfide) groups is 1. The minimum absolute atomic E-state index is 0.0420. The zero-order valence-electron chi connectivity index (χ0n) is 13.7. The maximum atomic E-state index is 12.5. The predicted octanol–water partition coefficient (Wildman–Crippen LogP) is 2.00. The predicted molar refractivity (Wildman–Crippen MR) is 92.0 cm³/mol. The molecule has 1 aromatic carbocycles. The number of rotatable bonds is 7. The number of ether oxygens (including phenoxy) is 1. The number of hydrogen-bond acceptors (Lipinski definition) is 6. The lowest BCUT2D eigenvalue weighted by Crippen LogP contribution is -2.32. The number of para-hydroxylation sites is 1. The highest BCUT2D eigenvalue weighted by Crippen LogP contribution is 2.20. The van der Waals surface area contributed by atoms with E-state index in [-0.39, 0.29) is 12.0 Å². The van der Waals surface area contributed by atoms with Gasteiger partial charge in [-0.2, -0.15) is 0 Å². The summed E-state index contributed by atoms with van der Waals surface area (Å²) in [6, 6.07) is 9.68. The average Bonchev–Trinajstić information content (AvgIpc) is 3.27. The van der Waals surface area contributed by atoms with Gasteiger partial charge in [-0.3, -0.25) is 4.79 Å². The fourth-order valence-electron chi connectivity index (χ4n) is 2.71. The summed E-state index contributed by atoms with van der Waals surface area (Å²) in [7, 11) is 0. The number of tetrazole rings is 1. The van der Waals surface area contributed by atoms with E-state index in [1.165, 1.54) is 11.8 Å². The SMILES string of the molecule is CCN(C(=O)CSc1nnnn1CC1CCCO1)c1ccccc1. The second-order valence-electron chi connectivity index (χ2n) is 5.54. The van der Waals surface area contributed by atoms with E-state index in [0.29, 0.717) is 24.0 Å². The van der Waals surface area contributed by atoms with Crippen LogP contribution >= 0.6 is 11.8 Å². The van der Waals surface area contributed by atoms with Gasteiger partial charge in [-0.25, -0.2) is 4.68 Å². The molecule has 2 heterocycles. The van der Waals surface area contributed by atoms with E-state index in [9.17, 15) is 4.79 Å². The van der Waals surface area contributed by atoms with Gasteiger partial charge in [-0.15, -0.1) is 5.10 Å². The molecule has 3 rings (SSSR count). The smallest absolute Gasteiger partial charge is 0.237 e. The van der Waals surface area contributed by atoms with E-state index in [4.69, 9.17) is 4.74 Å². The highest BCUT2D eigenvalue weighted by Gasteiger charge is 2.20. The second-order valence-corrected chi connectivity index (χ2v) is 6.48. The molecule has 2 aromatic rings. The van der Waals surface area contributed by atoms with Crippen molar-refractivity contribution < 1.29 is 9.53 Å². The van der Waals surface area contributed by atoms with Crippen LogP contribution in [-0.4, -0.2) is 51.1 Å². The molecule has 1 amide bonds. The van der Waals surface area contributed by atoms with Crippen LogP contribution in [0.15, 0.2) is 35.5 Å². The average molecular weight is 347 g/mol. The highest BCUT2D eigenvalue weighted by molar-refractivity contribution is 7.99. The van der Waals surface area contributed by atoms with E-state index in [0.717, 1.165) is 25.1 Å². The molecule has 1 fully saturated rings. The van der Waals surface area contributed by atoms with Crippen LogP contribution in [-0.2, 0) is 16.1 Å². The number of benzene rings is 1. The first kappa shape index (κ1) is 16.9. The van der Waals surface area contributed by atoms with Gasteiger partial charge in [-0.1, -0.05) is 30.0 Å². The van der Waals surface area contributed by atoms with Crippen LogP contribution in [0.1, 0.15) is 19.8 Å². The van der Waals surface area contributed by atoms with Crippen molar-refractivity contribution >= 4 is 23.4 Å². The molecule has 128 valence electrons. The van der Waals surface area contributed by atoms with Gasteiger partial charge in [0.05, 0.1) is 18.4 Å². The molecule has 0 N–H and O–H groups in total. The Bertz CT molecular complexity index is 657. The standard InChI is InChI=1S/C16H21N5O2S/c1-2-20(13-7-4-3-5-8-13)15(22)12-24-16-17-18-19-21(16)11-14-9-6-10-23-14/h3-5,7-8,14H,2,6,9-12H2,1H3. The van der Waals surface area contributed by atoms with Crippen LogP contribution < -0.4 is 4.90 Å². The van der Waals surface area contributed by atoms with E-state index in [1.807, 2.05) is 37.3 Å². The largest absolute Gasteiger partial charge is 0.376 e. The van der Waals surface area contributed by atoms with Crippen LogP contribution in [0.25, 0.3) is 0 Å². The van der Waals surface area contributed by atoms with Crippen LogP contribution in [0.3, 0.4) is 0 Å². The van der Waals surface area contributed by atoms with Crippen LogP contribution in [0.5, 0.6) is 0 Å². The van der Waals surface area contributed by atoms with E-state index in [1.54, 1.807) is 9.58 Å². The third kappa shape index (κ3) is 4.12. The Morgan fingerprint density at radius 3 is 2.96 bits per heavy atom. The Morgan fingerprint density at radius 2 is 2.25 bits per heavy atom. The number of hydrogen-bond donors (Lipinski definition) is 0. The first-order chi connectivity index (χ1) is 11.8. The Hall–Kier alpha value is -1.93. The molecular weight excluding hydrogens is 326 g/mol. The number of carbonyl (C=O) groups is 1. The number of nitrogens with zero attached hydrogens (tertiary/aromatic N) is 5. The van der Waals surface area contributed by atoms with Gasteiger partial charge in [0.1, 0.15) is 0 Å². The van der Waals surface area contributed by atoms with E-state index in [2.05, 4.69) is 15.5 Å². The van der Waals surface area contributed by atoms with Crippen molar-refractivity contribution in [2.75, 3.05) is 23.8 Å². The van der Waals surface area contributed by atoms with Crippen molar-refractivity contribution in [3.63, 3.8) is 0 Å². The van der Waals surface area contributed by atoms with Gasteiger partial charge in [-0.05, 0) is 42.3 Å². The molecule has 7 nitrogen and oxygen atoms in total. The number of amides is 1. The second kappa shape index (κ2) is 8.25. The maximum Gasteiger partial charge on any atom is 0.237 e. The van der Waals surface area contributed by atoms with Crippen molar-refractivity contribution in [2.24, 2.45) is 0 Å². The quantitative estimate of drug-likeness (QED) is 0.713. The lowest BCUT2D eigenvalue weighted by atomic mass is 10.2. The molecular formula is C16H21N5O2S.